The summed E-state index contributed by atoms with van der Waals surface area (Å²) in [6.45, 7) is 5.41. The largest absolute Gasteiger partial charge is 0.310 e. The lowest BCUT2D eigenvalue weighted by atomic mass is 10.1. The van der Waals surface area contributed by atoms with Crippen LogP contribution >= 0.6 is 11.3 Å². The van der Waals surface area contributed by atoms with E-state index in [0.29, 0.717) is 12.0 Å². The quantitative estimate of drug-likeness (QED) is 0.759. The number of rotatable bonds is 6. The van der Waals surface area contributed by atoms with Crippen molar-refractivity contribution in [3.05, 3.63) is 58.5 Å². The fraction of sp³-hybridized carbons (Fsp3) is 0.312. The molecule has 0 spiro atoms. The van der Waals surface area contributed by atoms with E-state index >= 15 is 0 Å². The molecule has 0 fully saturated rings. The average Bonchev–Trinajstić information content (AvgIpc) is 3.25. The van der Waals surface area contributed by atoms with Gasteiger partial charge in [0.1, 0.15) is 6.33 Å². The minimum absolute atomic E-state index is 0.310. The van der Waals surface area contributed by atoms with Crippen LogP contribution in [0.2, 0.25) is 0 Å². The van der Waals surface area contributed by atoms with Gasteiger partial charge in [-0.25, -0.2) is 4.68 Å². The van der Waals surface area contributed by atoms with E-state index < -0.39 is 0 Å². The summed E-state index contributed by atoms with van der Waals surface area (Å²) in [5, 5.41) is 16.9. The summed E-state index contributed by atoms with van der Waals surface area (Å²) in [5.41, 5.74) is 2.23. The van der Waals surface area contributed by atoms with Gasteiger partial charge in [-0.05, 0) is 46.5 Å². The van der Waals surface area contributed by atoms with Crippen LogP contribution in [0.4, 0.5) is 0 Å². The van der Waals surface area contributed by atoms with Crippen molar-refractivity contribution in [2.24, 2.45) is 0 Å². The first-order valence-electron chi connectivity index (χ1n) is 7.34. The lowest BCUT2D eigenvalue weighted by Gasteiger charge is -2.17. The van der Waals surface area contributed by atoms with E-state index in [1.54, 1.807) is 11.0 Å². The number of thiophene rings is 1. The highest BCUT2D eigenvalue weighted by Crippen LogP contribution is 2.21. The maximum atomic E-state index is 3.89. The summed E-state index contributed by atoms with van der Waals surface area (Å²) < 4.78 is 1.65. The zero-order valence-electron chi connectivity index (χ0n) is 12.7. The predicted molar refractivity (Wildman–Crippen MR) is 88.3 cm³/mol. The molecule has 0 amide bonds. The molecular formula is C16H19N5S. The fourth-order valence-electron chi connectivity index (χ4n) is 2.34. The third-order valence-corrected chi connectivity index (χ3v) is 4.87. The lowest BCUT2D eigenvalue weighted by molar-refractivity contribution is 0.540. The van der Waals surface area contributed by atoms with Gasteiger partial charge in [0.05, 0.1) is 5.69 Å². The molecule has 0 aliphatic carbocycles. The van der Waals surface area contributed by atoms with Crippen molar-refractivity contribution >= 4 is 11.3 Å². The average molecular weight is 313 g/mol. The van der Waals surface area contributed by atoms with Crippen molar-refractivity contribution < 1.29 is 0 Å². The number of aromatic nitrogens is 4. The van der Waals surface area contributed by atoms with E-state index in [2.05, 4.69) is 64.3 Å². The van der Waals surface area contributed by atoms with E-state index in [9.17, 15) is 0 Å². The highest BCUT2D eigenvalue weighted by atomic mass is 32.1. The molecule has 0 aliphatic heterocycles. The molecule has 114 valence electrons. The van der Waals surface area contributed by atoms with Crippen LogP contribution in [-0.4, -0.2) is 26.8 Å². The van der Waals surface area contributed by atoms with Crippen molar-refractivity contribution in [2.45, 2.75) is 25.8 Å². The zero-order valence-corrected chi connectivity index (χ0v) is 13.5. The second kappa shape index (κ2) is 6.81. The maximum Gasteiger partial charge on any atom is 0.143 e. The highest BCUT2D eigenvalue weighted by molar-refractivity contribution is 7.10. The molecule has 0 aliphatic rings. The molecule has 0 radical (unpaired) electrons. The minimum atomic E-state index is 0.310. The molecule has 2 aromatic heterocycles. The molecule has 6 heteroatoms. The summed E-state index contributed by atoms with van der Waals surface area (Å²) in [6.07, 6.45) is 1.60. The van der Waals surface area contributed by atoms with Crippen molar-refractivity contribution in [1.82, 2.24) is 25.5 Å². The van der Waals surface area contributed by atoms with Gasteiger partial charge in [-0.3, -0.25) is 0 Å². The van der Waals surface area contributed by atoms with Gasteiger partial charge in [0, 0.05) is 23.4 Å². The molecular weight excluding hydrogens is 294 g/mol. The molecule has 3 rings (SSSR count). The van der Waals surface area contributed by atoms with Gasteiger partial charge in [-0.1, -0.05) is 25.1 Å². The molecule has 2 atom stereocenters. The van der Waals surface area contributed by atoms with Gasteiger partial charge in [-0.2, -0.15) is 0 Å². The zero-order chi connectivity index (χ0) is 15.4. The van der Waals surface area contributed by atoms with Gasteiger partial charge in [0.2, 0.25) is 0 Å². The highest BCUT2D eigenvalue weighted by Gasteiger charge is 2.10. The Kier molecular flexibility index (Phi) is 4.60. The van der Waals surface area contributed by atoms with E-state index in [4.69, 9.17) is 0 Å². The molecule has 1 aromatic carbocycles. The molecule has 2 heterocycles. The van der Waals surface area contributed by atoms with Crippen LogP contribution in [0.25, 0.3) is 5.69 Å². The van der Waals surface area contributed by atoms with Gasteiger partial charge in [-0.15, -0.1) is 16.4 Å². The van der Waals surface area contributed by atoms with Crippen LogP contribution in [0.5, 0.6) is 0 Å². The third kappa shape index (κ3) is 3.40. The first kappa shape index (κ1) is 14.9. The van der Waals surface area contributed by atoms with E-state index in [1.165, 1.54) is 10.4 Å². The molecule has 0 saturated heterocycles. The van der Waals surface area contributed by atoms with Crippen molar-refractivity contribution in [2.75, 3.05) is 6.54 Å². The topological polar surface area (TPSA) is 55.6 Å². The summed E-state index contributed by atoms with van der Waals surface area (Å²) in [5.74, 6) is 0.531. The number of benzene rings is 1. The van der Waals surface area contributed by atoms with Crippen molar-refractivity contribution in [3.8, 4) is 5.69 Å². The van der Waals surface area contributed by atoms with Crippen LogP contribution in [0, 0.1) is 0 Å². The maximum absolute atomic E-state index is 3.89. The Morgan fingerprint density at radius 3 is 2.64 bits per heavy atom. The van der Waals surface area contributed by atoms with Crippen LogP contribution < -0.4 is 5.32 Å². The number of hydrogen-bond acceptors (Lipinski definition) is 5. The summed E-state index contributed by atoms with van der Waals surface area (Å²) in [7, 11) is 0. The lowest BCUT2D eigenvalue weighted by Crippen LogP contribution is -2.23. The first-order chi connectivity index (χ1) is 10.7. The van der Waals surface area contributed by atoms with Gasteiger partial charge >= 0.3 is 0 Å². The molecule has 0 unspecified atom stereocenters. The Labute approximate surface area is 134 Å². The van der Waals surface area contributed by atoms with Gasteiger partial charge in [0.15, 0.2) is 0 Å². The molecule has 22 heavy (non-hydrogen) atoms. The van der Waals surface area contributed by atoms with Gasteiger partial charge < -0.3 is 5.32 Å². The molecule has 1 N–H and O–H groups in total. The minimum Gasteiger partial charge on any atom is -0.310 e. The molecule has 3 aromatic rings. The standard InChI is InChI=1S/C16H19N5S/c1-12(16-4-3-9-22-16)10-17-13(2)14-5-7-15(8-6-14)21-11-18-19-20-21/h3-9,11-13,17H,10H2,1-2H3/t12-,13-/m0/s1. The predicted octanol–water partition coefficient (Wildman–Crippen LogP) is 3.18. The monoisotopic (exact) mass is 313 g/mol. The molecule has 0 saturated carbocycles. The van der Waals surface area contributed by atoms with E-state index in [0.717, 1.165) is 12.2 Å². The van der Waals surface area contributed by atoms with E-state index in [-0.39, 0.29) is 0 Å². The number of tetrazole rings is 1. The summed E-state index contributed by atoms with van der Waals surface area (Å²) in [6, 6.07) is 12.9. The summed E-state index contributed by atoms with van der Waals surface area (Å²) >= 11 is 1.82. The van der Waals surface area contributed by atoms with Gasteiger partial charge in [0.25, 0.3) is 0 Å². The number of hydrogen-bond donors (Lipinski definition) is 1. The van der Waals surface area contributed by atoms with Crippen LogP contribution in [0.15, 0.2) is 48.1 Å². The Hall–Kier alpha value is -2.05. The second-order valence-corrected chi connectivity index (χ2v) is 6.37. The van der Waals surface area contributed by atoms with Crippen molar-refractivity contribution in [1.29, 1.82) is 0 Å². The summed E-state index contributed by atoms with van der Waals surface area (Å²) in [4.78, 5) is 1.42. The number of nitrogens with one attached hydrogen (secondary N) is 1. The molecule has 5 nitrogen and oxygen atoms in total. The number of nitrogens with zero attached hydrogens (tertiary/aromatic N) is 4. The Morgan fingerprint density at radius 2 is 2.00 bits per heavy atom. The third-order valence-electron chi connectivity index (χ3n) is 3.77. The normalized spacial score (nSPS) is 13.9. The van der Waals surface area contributed by atoms with Crippen molar-refractivity contribution in [3.63, 3.8) is 0 Å². The van der Waals surface area contributed by atoms with E-state index in [1.807, 2.05) is 23.5 Å². The fourth-order valence-corrected chi connectivity index (χ4v) is 3.13. The van der Waals surface area contributed by atoms with Crippen LogP contribution in [-0.2, 0) is 0 Å². The molecule has 0 bridgehead atoms. The van der Waals surface area contributed by atoms with Crippen LogP contribution in [0.3, 0.4) is 0 Å². The van der Waals surface area contributed by atoms with Crippen LogP contribution in [0.1, 0.15) is 36.2 Å². The Morgan fingerprint density at radius 1 is 1.18 bits per heavy atom. The Bertz CT molecular complexity index is 676. The SMILES string of the molecule is C[C@H](NC[C@H](C)c1cccs1)c1ccc(-n2cnnn2)cc1. The first-order valence-corrected chi connectivity index (χ1v) is 8.22. The second-order valence-electron chi connectivity index (χ2n) is 5.39. The smallest absolute Gasteiger partial charge is 0.143 e. The Balaban J connectivity index is 1.59.